The van der Waals surface area contributed by atoms with Crippen LogP contribution in [-0.2, 0) is 7.05 Å². The van der Waals surface area contributed by atoms with Gasteiger partial charge in [0.2, 0.25) is 0 Å². The van der Waals surface area contributed by atoms with Gasteiger partial charge in [0.05, 0.1) is 22.4 Å². The van der Waals surface area contributed by atoms with E-state index in [2.05, 4.69) is 26.5 Å². The SMILES string of the molecule is Cn1ncc(Br)c1C(NN)c1ccc(F)cc1. The van der Waals surface area contributed by atoms with Gasteiger partial charge in [-0.3, -0.25) is 10.5 Å². The fourth-order valence-corrected chi connectivity index (χ4v) is 2.31. The van der Waals surface area contributed by atoms with Gasteiger partial charge in [0.1, 0.15) is 5.82 Å². The molecule has 2 aromatic rings. The molecule has 0 aliphatic carbocycles. The Balaban J connectivity index is 2.43. The van der Waals surface area contributed by atoms with E-state index >= 15 is 0 Å². The predicted molar refractivity (Wildman–Crippen MR) is 66.5 cm³/mol. The summed E-state index contributed by atoms with van der Waals surface area (Å²) in [5, 5.41) is 4.13. The van der Waals surface area contributed by atoms with E-state index in [0.29, 0.717) is 0 Å². The van der Waals surface area contributed by atoms with E-state index in [0.717, 1.165) is 15.7 Å². The Kier molecular flexibility index (Phi) is 3.56. The zero-order chi connectivity index (χ0) is 12.4. The number of nitrogens with two attached hydrogens (primary N) is 1. The van der Waals surface area contributed by atoms with Crippen LogP contribution in [0.3, 0.4) is 0 Å². The summed E-state index contributed by atoms with van der Waals surface area (Å²) < 4.78 is 15.5. The first-order chi connectivity index (χ1) is 8.13. The maximum atomic E-state index is 12.9. The Morgan fingerprint density at radius 2 is 2.06 bits per heavy atom. The third kappa shape index (κ3) is 2.38. The molecule has 0 saturated heterocycles. The van der Waals surface area contributed by atoms with Crippen molar-refractivity contribution in [2.75, 3.05) is 0 Å². The number of hydrogen-bond acceptors (Lipinski definition) is 3. The summed E-state index contributed by atoms with van der Waals surface area (Å²) in [7, 11) is 1.83. The highest BCUT2D eigenvalue weighted by Crippen LogP contribution is 2.27. The highest BCUT2D eigenvalue weighted by molar-refractivity contribution is 9.10. The average molecular weight is 299 g/mol. The Hall–Kier alpha value is -1.24. The van der Waals surface area contributed by atoms with Crippen molar-refractivity contribution in [1.82, 2.24) is 15.2 Å². The first-order valence-corrected chi connectivity index (χ1v) is 5.81. The van der Waals surface area contributed by atoms with Crippen molar-refractivity contribution in [2.45, 2.75) is 6.04 Å². The van der Waals surface area contributed by atoms with Gasteiger partial charge in [-0.1, -0.05) is 12.1 Å². The molecule has 3 N–H and O–H groups in total. The molecule has 0 fully saturated rings. The third-order valence-corrected chi connectivity index (χ3v) is 3.19. The number of halogens is 2. The fraction of sp³-hybridized carbons (Fsp3) is 0.182. The zero-order valence-electron chi connectivity index (χ0n) is 9.19. The van der Waals surface area contributed by atoms with E-state index in [4.69, 9.17) is 5.84 Å². The van der Waals surface area contributed by atoms with E-state index in [1.165, 1.54) is 12.1 Å². The highest BCUT2D eigenvalue weighted by atomic mass is 79.9. The third-order valence-electron chi connectivity index (χ3n) is 2.58. The summed E-state index contributed by atoms with van der Waals surface area (Å²) in [4.78, 5) is 0. The number of rotatable bonds is 3. The number of aromatic nitrogens is 2. The lowest BCUT2D eigenvalue weighted by atomic mass is 10.0. The summed E-state index contributed by atoms with van der Waals surface area (Å²) in [5.41, 5.74) is 4.47. The van der Waals surface area contributed by atoms with Gasteiger partial charge < -0.3 is 0 Å². The first kappa shape index (κ1) is 12.2. The van der Waals surface area contributed by atoms with Crippen LogP contribution in [0.1, 0.15) is 17.3 Å². The van der Waals surface area contributed by atoms with E-state index in [1.807, 2.05) is 7.05 Å². The van der Waals surface area contributed by atoms with Crippen LogP contribution in [0, 0.1) is 5.82 Å². The lowest BCUT2D eigenvalue weighted by Crippen LogP contribution is -2.30. The second-order valence-corrected chi connectivity index (χ2v) is 4.51. The number of hydrazine groups is 1. The fourth-order valence-electron chi connectivity index (χ4n) is 1.73. The molecular formula is C11H12BrFN4. The molecule has 6 heteroatoms. The number of nitrogens with one attached hydrogen (secondary N) is 1. The largest absolute Gasteiger partial charge is 0.271 e. The Morgan fingerprint density at radius 1 is 1.41 bits per heavy atom. The number of nitrogens with zero attached hydrogens (tertiary/aromatic N) is 2. The maximum absolute atomic E-state index is 12.9. The molecule has 1 unspecified atom stereocenters. The van der Waals surface area contributed by atoms with Crippen LogP contribution in [0.15, 0.2) is 34.9 Å². The topological polar surface area (TPSA) is 55.9 Å². The first-order valence-electron chi connectivity index (χ1n) is 5.02. The van der Waals surface area contributed by atoms with Crippen LogP contribution in [-0.4, -0.2) is 9.78 Å². The molecule has 17 heavy (non-hydrogen) atoms. The quantitative estimate of drug-likeness (QED) is 0.672. The minimum absolute atomic E-state index is 0.238. The van der Waals surface area contributed by atoms with E-state index in [-0.39, 0.29) is 11.9 Å². The van der Waals surface area contributed by atoms with Crippen LogP contribution < -0.4 is 11.3 Å². The van der Waals surface area contributed by atoms with Crippen LogP contribution in [0.5, 0.6) is 0 Å². The second-order valence-electron chi connectivity index (χ2n) is 3.65. The second kappa shape index (κ2) is 4.95. The average Bonchev–Trinajstić information content (AvgIpc) is 2.64. The van der Waals surface area contributed by atoms with Crippen LogP contribution in [0.4, 0.5) is 4.39 Å². The molecule has 90 valence electrons. The van der Waals surface area contributed by atoms with Crippen molar-refractivity contribution in [3.63, 3.8) is 0 Å². The molecule has 4 nitrogen and oxygen atoms in total. The summed E-state index contributed by atoms with van der Waals surface area (Å²) in [5.74, 6) is 5.30. The van der Waals surface area contributed by atoms with Crippen molar-refractivity contribution in [3.05, 3.63) is 52.0 Å². The van der Waals surface area contributed by atoms with Gasteiger partial charge in [0, 0.05) is 7.05 Å². The summed E-state index contributed by atoms with van der Waals surface area (Å²) >= 11 is 3.42. The molecule has 0 spiro atoms. The summed E-state index contributed by atoms with van der Waals surface area (Å²) in [6, 6.07) is 5.96. The van der Waals surface area contributed by atoms with E-state index in [9.17, 15) is 4.39 Å². The molecular weight excluding hydrogens is 287 g/mol. The normalized spacial score (nSPS) is 12.7. The summed E-state index contributed by atoms with van der Waals surface area (Å²) in [6.07, 6.45) is 1.70. The van der Waals surface area contributed by atoms with Gasteiger partial charge in [0.25, 0.3) is 0 Å². The predicted octanol–water partition coefficient (Wildman–Crippen LogP) is 1.87. The summed E-state index contributed by atoms with van der Waals surface area (Å²) in [6.45, 7) is 0. The lowest BCUT2D eigenvalue weighted by molar-refractivity contribution is 0.570. The van der Waals surface area contributed by atoms with Crippen molar-refractivity contribution in [3.8, 4) is 0 Å². The Labute approximate surface area is 107 Å². The highest BCUT2D eigenvalue weighted by Gasteiger charge is 2.19. The lowest BCUT2D eigenvalue weighted by Gasteiger charge is -2.17. The molecule has 1 aromatic heterocycles. The number of hydrogen-bond donors (Lipinski definition) is 2. The van der Waals surface area contributed by atoms with Gasteiger partial charge in [-0.05, 0) is 33.6 Å². The molecule has 1 aromatic carbocycles. The molecule has 0 aliphatic heterocycles. The van der Waals surface area contributed by atoms with Gasteiger partial charge in [-0.25, -0.2) is 9.82 Å². The van der Waals surface area contributed by atoms with Crippen molar-refractivity contribution >= 4 is 15.9 Å². The Morgan fingerprint density at radius 3 is 2.53 bits per heavy atom. The number of aryl methyl sites for hydroxylation is 1. The van der Waals surface area contributed by atoms with Crippen molar-refractivity contribution in [1.29, 1.82) is 0 Å². The van der Waals surface area contributed by atoms with Crippen LogP contribution in [0.2, 0.25) is 0 Å². The Bertz CT molecular complexity index is 489. The minimum Gasteiger partial charge on any atom is -0.271 e. The smallest absolute Gasteiger partial charge is 0.123 e. The van der Waals surface area contributed by atoms with Gasteiger partial charge in [0.15, 0.2) is 0 Å². The minimum atomic E-state index is -0.270. The molecule has 1 heterocycles. The van der Waals surface area contributed by atoms with Crippen LogP contribution in [0.25, 0.3) is 0 Å². The molecule has 0 saturated carbocycles. The zero-order valence-corrected chi connectivity index (χ0v) is 10.8. The van der Waals surface area contributed by atoms with Gasteiger partial charge >= 0.3 is 0 Å². The maximum Gasteiger partial charge on any atom is 0.123 e. The molecule has 0 amide bonds. The molecule has 0 aliphatic rings. The number of benzene rings is 1. The van der Waals surface area contributed by atoms with E-state index < -0.39 is 0 Å². The molecule has 2 rings (SSSR count). The van der Waals surface area contributed by atoms with Gasteiger partial charge in [-0.2, -0.15) is 5.10 Å². The monoisotopic (exact) mass is 298 g/mol. The van der Waals surface area contributed by atoms with Crippen molar-refractivity contribution < 1.29 is 4.39 Å². The van der Waals surface area contributed by atoms with E-state index in [1.54, 1.807) is 23.0 Å². The molecule has 0 bridgehead atoms. The van der Waals surface area contributed by atoms with Gasteiger partial charge in [-0.15, -0.1) is 0 Å². The standard InChI is InChI=1S/C11H12BrFN4/c1-17-11(9(12)6-15-17)10(16-14)7-2-4-8(13)5-3-7/h2-6,10,16H,14H2,1H3. The molecule has 0 radical (unpaired) electrons. The van der Waals surface area contributed by atoms with Crippen LogP contribution >= 0.6 is 15.9 Å². The molecule has 1 atom stereocenters. The van der Waals surface area contributed by atoms with Crippen molar-refractivity contribution in [2.24, 2.45) is 12.9 Å².